The molecule has 4 heteroatoms. The molecule has 2 unspecified atom stereocenters. The van der Waals surface area contributed by atoms with E-state index in [0.29, 0.717) is 0 Å². The lowest BCUT2D eigenvalue weighted by molar-refractivity contribution is -0.0491. The molecule has 60 valence electrons. The van der Waals surface area contributed by atoms with Crippen molar-refractivity contribution in [3.8, 4) is 0 Å². The van der Waals surface area contributed by atoms with Gasteiger partial charge in [0.1, 0.15) is 0 Å². The van der Waals surface area contributed by atoms with Gasteiger partial charge >= 0.3 is 0 Å². The van der Waals surface area contributed by atoms with E-state index in [4.69, 9.17) is 10.2 Å². The van der Waals surface area contributed by atoms with E-state index < -0.39 is 12.6 Å². The monoisotopic (exact) mass is 148 g/mol. The highest BCUT2D eigenvalue weighted by atomic mass is 16.6. The van der Waals surface area contributed by atoms with Crippen molar-refractivity contribution >= 4 is 0 Å². The van der Waals surface area contributed by atoms with Gasteiger partial charge < -0.3 is 19.7 Å². The van der Waals surface area contributed by atoms with Crippen LogP contribution < -0.4 is 0 Å². The van der Waals surface area contributed by atoms with Gasteiger partial charge in [0, 0.05) is 14.2 Å². The lowest BCUT2D eigenvalue weighted by atomic mass is 10.5. The van der Waals surface area contributed by atoms with Crippen LogP contribution in [0.15, 0.2) is 12.2 Å². The summed E-state index contributed by atoms with van der Waals surface area (Å²) in [4.78, 5) is 0. The third-order valence-electron chi connectivity index (χ3n) is 0.923. The molecule has 0 aromatic rings. The minimum Gasteiger partial charge on any atom is -0.365 e. The minimum absolute atomic E-state index is 0.982. The van der Waals surface area contributed by atoms with E-state index >= 15 is 0 Å². The average molecular weight is 148 g/mol. The fourth-order valence-electron chi connectivity index (χ4n) is 0.347. The van der Waals surface area contributed by atoms with Crippen molar-refractivity contribution in [1.29, 1.82) is 0 Å². The van der Waals surface area contributed by atoms with E-state index in [1.165, 1.54) is 26.4 Å². The summed E-state index contributed by atoms with van der Waals surface area (Å²) in [5, 5.41) is 17.5. The highest BCUT2D eigenvalue weighted by Crippen LogP contribution is 1.90. The van der Waals surface area contributed by atoms with Gasteiger partial charge in [-0.1, -0.05) is 0 Å². The second kappa shape index (κ2) is 5.37. The molecule has 0 spiro atoms. The summed E-state index contributed by atoms with van der Waals surface area (Å²) in [6.45, 7) is 0. The van der Waals surface area contributed by atoms with Gasteiger partial charge in [0.15, 0.2) is 12.6 Å². The smallest absolute Gasteiger partial charge is 0.173 e. The number of rotatable bonds is 4. The molecule has 0 radical (unpaired) electrons. The number of ether oxygens (including phenoxy) is 2. The fourth-order valence-corrected chi connectivity index (χ4v) is 0.347. The van der Waals surface area contributed by atoms with E-state index in [-0.39, 0.29) is 0 Å². The Hall–Kier alpha value is -0.420. The van der Waals surface area contributed by atoms with Crippen molar-refractivity contribution in [3.05, 3.63) is 12.2 Å². The quantitative estimate of drug-likeness (QED) is 0.415. The van der Waals surface area contributed by atoms with Crippen LogP contribution in [0.4, 0.5) is 0 Å². The molecule has 0 aliphatic heterocycles. The molecule has 0 fully saturated rings. The zero-order valence-corrected chi connectivity index (χ0v) is 6.02. The average Bonchev–Trinajstić information content (AvgIpc) is 1.99. The van der Waals surface area contributed by atoms with Crippen LogP contribution in [0, 0.1) is 0 Å². The second-order valence-corrected chi connectivity index (χ2v) is 1.64. The molecule has 10 heavy (non-hydrogen) atoms. The van der Waals surface area contributed by atoms with Crippen LogP contribution in [0.2, 0.25) is 0 Å². The minimum atomic E-state index is -0.982. The third kappa shape index (κ3) is 4.46. The molecular formula is C6H12O4. The first kappa shape index (κ1) is 9.58. The van der Waals surface area contributed by atoms with Crippen molar-refractivity contribution in [1.82, 2.24) is 0 Å². The molecule has 0 saturated carbocycles. The second-order valence-electron chi connectivity index (χ2n) is 1.64. The zero-order chi connectivity index (χ0) is 7.98. The lowest BCUT2D eigenvalue weighted by Gasteiger charge is -2.03. The summed E-state index contributed by atoms with van der Waals surface area (Å²) in [7, 11) is 2.71. The molecule has 0 aliphatic rings. The van der Waals surface area contributed by atoms with E-state index in [1.807, 2.05) is 0 Å². The predicted octanol–water partition coefficient (Wildman–Crippen LogP) is -0.528. The molecular weight excluding hydrogens is 136 g/mol. The molecule has 4 nitrogen and oxygen atoms in total. The highest BCUT2D eigenvalue weighted by Gasteiger charge is 1.96. The topological polar surface area (TPSA) is 58.9 Å². The molecule has 0 rings (SSSR count). The SMILES string of the molecule is COC(O)C=CC(O)OC. The van der Waals surface area contributed by atoms with Crippen LogP contribution in [-0.4, -0.2) is 37.0 Å². The molecule has 0 heterocycles. The standard InChI is InChI=1S/C6H12O4/c1-9-5(7)3-4-6(8)10-2/h3-8H,1-2H3. The van der Waals surface area contributed by atoms with Gasteiger partial charge in [0.2, 0.25) is 0 Å². The Morgan fingerprint density at radius 3 is 1.50 bits per heavy atom. The Balaban J connectivity index is 3.52. The Morgan fingerprint density at radius 1 is 1.00 bits per heavy atom. The number of hydrogen-bond donors (Lipinski definition) is 2. The fraction of sp³-hybridized carbons (Fsp3) is 0.667. The Morgan fingerprint density at radius 2 is 1.30 bits per heavy atom. The summed E-state index contributed by atoms with van der Waals surface area (Å²) >= 11 is 0. The molecule has 0 saturated heterocycles. The maximum Gasteiger partial charge on any atom is 0.173 e. The van der Waals surface area contributed by atoms with Gasteiger partial charge in [-0.3, -0.25) is 0 Å². The van der Waals surface area contributed by atoms with Crippen LogP contribution in [0.1, 0.15) is 0 Å². The van der Waals surface area contributed by atoms with Crippen molar-refractivity contribution in [3.63, 3.8) is 0 Å². The summed E-state index contributed by atoms with van der Waals surface area (Å²) in [6.07, 6.45) is 0.608. The Bertz CT molecular complexity index is 89.9. The summed E-state index contributed by atoms with van der Waals surface area (Å²) in [5.74, 6) is 0. The largest absolute Gasteiger partial charge is 0.365 e. The highest BCUT2D eigenvalue weighted by molar-refractivity contribution is 4.86. The summed E-state index contributed by atoms with van der Waals surface area (Å²) in [6, 6.07) is 0. The van der Waals surface area contributed by atoms with Crippen molar-refractivity contribution in [2.75, 3.05) is 14.2 Å². The number of hydrogen-bond acceptors (Lipinski definition) is 4. The maximum atomic E-state index is 8.73. The van der Waals surface area contributed by atoms with Gasteiger partial charge in [-0.2, -0.15) is 0 Å². The maximum absolute atomic E-state index is 8.73. The van der Waals surface area contributed by atoms with Crippen LogP contribution >= 0.6 is 0 Å². The molecule has 2 N–H and O–H groups in total. The first-order valence-electron chi connectivity index (χ1n) is 2.80. The van der Waals surface area contributed by atoms with Crippen molar-refractivity contribution in [2.24, 2.45) is 0 Å². The van der Waals surface area contributed by atoms with E-state index in [0.717, 1.165) is 0 Å². The van der Waals surface area contributed by atoms with E-state index in [2.05, 4.69) is 9.47 Å². The van der Waals surface area contributed by atoms with Gasteiger partial charge in [-0.05, 0) is 12.2 Å². The molecule has 0 amide bonds. The van der Waals surface area contributed by atoms with Crippen LogP contribution in [-0.2, 0) is 9.47 Å². The van der Waals surface area contributed by atoms with Crippen LogP contribution in [0.3, 0.4) is 0 Å². The summed E-state index contributed by atoms with van der Waals surface area (Å²) < 4.78 is 8.89. The number of aliphatic hydroxyl groups excluding tert-OH is 2. The molecule has 2 atom stereocenters. The van der Waals surface area contributed by atoms with Gasteiger partial charge in [-0.25, -0.2) is 0 Å². The summed E-state index contributed by atoms with van der Waals surface area (Å²) in [5.41, 5.74) is 0. The molecule has 0 bridgehead atoms. The van der Waals surface area contributed by atoms with E-state index in [9.17, 15) is 0 Å². The molecule has 0 aliphatic carbocycles. The first-order chi connectivity index (χ1) is 4.70. The zero-order valence-electron chi connectivity index (χ0n) is 6.02. The van der Waals surface area contributed by atoms with Crippen LogP contribution in [0.5, 0.6) is 0 Å². The van der Waals surface area contributed by atoms with Gasteiger partial charge in [0.05, 0.1) is 0 Å². The van der Waals surface area contributed by atoms with Crippen molar-refractivity contribution in [2.45, 2.75) is 12.6 Å². The number of aliphatic hydroxyl groups is 2. The normalized spacial score (nSPS) is 17.6. The first-order valence-corrected chi connectivity index (χ1v) is 2.80. The Labute approximate surface area is 59.7 Å². The number of methoxy groups -OCH3 is 2. The van der Waals surface area contributed by atoms with E-state index in [1.54, 1.807) is 0 Å². The Kier molecular flexibility index (Phi) is 5.15. The van der Waals surface area contributed by atoms with Crippen molar-refractivity contribution < 1.29 is 19.7 Å². The predicted molar refractivity (Wildman–Crippen MR) is 35.2 cm³/mol. The van der Waals surface area contributed by atoms with Gasteiger partial charge in [-0.15, -0.1) is 0 Å². The lowest BCUT2D eigenvalue weighted by Crippen LogP contribution is -2.09. The van der Waals surface area contributed by atoms with Gasteiger partial charge in [0.25, 0.3) is 0 Å². The van der Waals surface area contributed by atoms with Crippen LogP contribution in [0.25, 0.3) is 0 Å². The third-order valence-corrected chi connectivity index (χ3v) is 0.923. The molecule has 0 aromatic heterocycles. The molecule has 0 aromatic carbocycles.